The Morgan fingerprint density at radius 1 is 1.86 bits per heavy atom. The summed E-state index contributed by atoms with van der Waals surface area (Å²) in [6.45, 7) is 3.87. The summed E-state index contributed by atoms with van der Waals surface area (Å²) in [6, 6.07) is 0. The summed E-state index contributed by atoms with van der Waals surface area (Å²) in [7, 11) is 0. The molecule has 0 spiro atoms. The fourth-order valence-corrected chi connectivity index (χ4v) is 0.380. The topological polar surface area (TPSA) is 12.4 Å². The summed E-state index contributed by atoms with van der Waals surface area (Å²) in [5, 5.41) is 0. The maximum Gasteiger partial charge on any atom is 0.123 e. The van der Waals surface area contributed by atoms with Crippen molar-refractivity contribution in [3.63, 3.8) is 0 Å². The predicted octanol–water partition coefficient (Wildman–Crippen LogP) is 2.05. The van der Waals surface area contributed by atoms with Crippen molar-refractivity contribution in [2.75, 3.05) is 0 Å². The van der Waals surface area contributed by atoms with Gasteiger partial charge in [-0.05, 0) is 19.6 Å². The second-order valence-electron chi connectivity index (χ2n) is 1.25. The monoisotopic (exact) mass is 119 g/mol. The molecular weight excluding hydrogens is 110 g/mol. The average molecular weight is 120 g/mol. The maximum atomic E-state index is 5.57. The highest BCUT2D eigenvalue weighted by Crippen LogP contribution is 1.99. The maximum absolute atomic E-state index is 5.57. The highest BCUT2D eigenvalue weighted by atomic mass is 35.5. The third-order valence-electron chi connectivity index (χ3n) is 0.648. The molecule has 0 bridgehead atoms. The zero-order valence-electron chi connectivity index (χ0n) is 4.69. The molecule has 0 heterocycles. The van der Waals surface area contributed by atoms with Crippen LogP contribution in [0.3, 0.4) is 0 Å². The second kappa shape index (κ2) is 4.13. The van der Waals surface area contributed by atoms with E-state index in [1.54, 1.807) is 6.21 Å². The van der Waals surface area contributed by atoms with Crippen LogP contribution in [0.2, 0.25) is 0 Å². The van der Waals surface area contributed by atoms with Crippen molar-refractivity contribution in [1.82, 2.24) is 0 Å². The lowest BCUT2D eigenvalue weighted by molar-refractivity contribution is 0.862. The Balaban J connectivity index is 3.16. The molecule has 0 radical (unpaired) electrons. The van der Waals surface area contributed by atoms with E-state index in [0.29, 0.717) is 0 Å². The standard InChI is InChI=1S/C5H10ClN/c1-3-5(6)7-4-2/h4-5H,3H2,1-2H3. The Labute approximate surface area is 49.4 Å². The Morgan fingerprint density at radius 2 is 2.43 bits per heavy atom. The molecule has 0 N–H and O–H groups in total. The van der Waals surface area contributed by atoms with Gasteiger partial charge in [0.1, 0.15) is 5.50 Å². The highest BCUT2D eigenvalue weighted by molar-refractivity contribution is 6.20. The smallest absolute Gasteiger partial charge is 0.123 e. The van der Waals surface area contributed by atoms with Crippen LogP contribution in [0.4, 0.5) is 0 Å². The number of rotatable bonds is 2. The SMILES string of the molecule is CC=NC(Cl)CC. The lowest BCUT2D eigenvalue weighted by atomic mass is 10.5. The molecule has 0 saturated heterocycles. The van der Waals surface area contributed by atoms with Gasteiger partial charge in [-0.3, -0.25) is 4.99 Å². The van der Waals surface area contributed by atoms with Gasteiger partial charge >= 0.3 is 0 Å². The Bertz CT molecular complexity index is 61.1. The summed E-state index contributed by atoms with van der Waals surface area (Å²) in [6.07, 6.45) is 2.63. The minimum absolute atomic E-state index is 0.00926. The number of alkyl halides is 1. The Kier molecular flexibility index (Phi) is 4.10. The largest absolute Gasteiger partial charge is 0.278 e. The molecule has 0 aromatic heterocycles. The molecule has 42 valence electrons. The number of hydrogen-bond acceptors (Lipinski definition) is 1. The summed E-state index contributed by atoms with van der Waals surface area (Å²) < 4.78 is 0. The van der Waals surface area contributed by atoms with Crippen molar-refractivity contribution in [3.8, 4) is 0 Å². The van der Waals surface area contributed by atoms with Crippen LogP contribution >= 0.6 is 11.6 Å². The quantitative estimate of drug-likeness (QED) is 0.300. The molecule has 0 aliphatic carbocycles. The van der Waals surface area contributed by atoms with Gasteiger partial charge in [-0.2, -0.15) is 0 Å². The van der Waals surface area contributed by atoms with Crippen LogP contribution < -0.4 is 0 Å². The average Bonchev–Trinajstić information content (AvgIpc) is 1.68. The number of nitrogens with zero attached hydrogens (tertiary/aromatic N) is 1. The normalized spacial score (nSPS) is 15.3. The zero-order valence-corrected chi connectivity index (χ0v) is 5.44. The fraction of sp³-hybridized carbons (Fsp3) is 0.800. The van der Waals surface area contributed by atoms with Crippen LogP contribution in [0.15, 0.2) is 4.99 Å². The molecule has 0 aromatic carbocycles. The van der Waals surface area contributed by atoms with E-state index in [1.807, 2.05) is 13.8 Å². The number of halogens is 1. The molecule has 1 unspecified atom stereocenters. The Morgan fingerprint density at radius 3 is 2.57 bits per heavy atom. The van der Waals surface area contributed by atoms with E-state index in [-0.39, 0.29) is 5.50 Å². The third-order valence-corrected chi connectivity index (χ3v) is 1.07. The van der Waals surface area contributed by atoms with Crippen LogP contribution in [0.5, 0.6) is 0 Å². The van der Waals surface area contributed by atoms with E-state index >= 15 is 0 Å². The first-order chi connectivity index (χ1) is 3.31. The van der Waals surface area contributed by atoms with Gasteiger partial charge in [-0.25, -0.2) is 0 Å². The molecule has 0 aliphatic heterocycles. The molecule has 0 fully saturated rings. The number of aliphatic imine (C=N–C) groups is 1. The highest BCUT2D eigenvalue weighted by Gasteiger charge is 1.90. The lowest BCUT2D eigenvalue weighted by Gasteiger charge is -1.93. The van der Waals surface area contributed by atoms with Gasteiger partial charge in [-0.15, -0.1) is 0 Å². The molecule has 1 nitrogen and oxygen atoms in total. The minimum Gasteiger partial charge on any atom is -0.278 e. The molecule has 7 heavy (non-hydrogen) atoms. The lowest BCUT2D eigenvalue weighted by Crippen LogP contribution is -1.87. The zero-order chi connectivity index (χ0) is 5.70. The molecular formula is C5H10ClN. The van der Waals surface area contributed by atoms with E-state index < -0.39 is 0 Å². The van der Waals surface area contributed by atoms with Crippen molar-refractivity contribution in [3.05, 3.63) is 0 Å². The van der Waals surface area contributed by atoms with Crippen LogP contribution in [0, 0.1) is 0 Å². The van der Waals surface area contributed by atoms with Gasteiger partial charge in [0.2, 0.25) is 0 Å². The van der Waals surface area contributed by atoms with E-state index in [1.165, 1.54) is 0 Å². The van der Waals surface area contributed by atoms with E-state index in [2.05, 4.69) is 4.99 Å². The number of hydrogen-bond donors (Lipinski definition) is 0. The van der Waals surface area contributed by atoms with Gasteiger partial charge in [-0.1, -0.05) is 18.5 Å². The summed E-state index contributed by atoms with van der Waals surface area (Å²) in [4.78, 5) is 3.88. The molecule has 0 aromatic rings. The van der Waals surface area contributed by atoms with Crippen LogP contribution in [-0.4, -0.2) is 11.7 Å². The first-order valence-electron chi connectivity index (χ1n) is 2.43. The van der Waals surface area contributed by atoms with Crippen molar-refractivity contribution in [1.29, 1.82) is 0 Å². The molecule has 0 saturated carbocycles. The molecule has 0 rings (SSSR count). The molecule has 1 atom stereocenters. The Hall–Kier alpha value is -0.0400. The van der Waals surface area contributed by atoms with Crippen molar-refractivity contribution >= 4 is 17.8 Å². The summed E-state index contributed by atoms with van der Waals surface area (Å²) in [5.41, 5.74) is -0.00926. The van der Waals surface area contributed by atoms with E-state index in [4.69, 9.17) is 11.6 Å². The van der Waals surface area contributed by atoms with Crippen LogP contribution in [0.25, 0.3) is 0 Å². The molecule has 2 heteroatoms. The van der Waals surface area contributed by atoms with Crippen LogP contribution in [0.1, 0.15) is 20.3 Å². The minimum atomic E-state index is -0.00926. The van der Waals surface area contributed by atoms with Crippen molar-refractivity contribution in [2.45, 2.75) is 25.8 Å². The fourth-order valence-electron chi connectivity index (χ4n) is 0.267. The van der Waals surface area contributed by atoms with Crippen LogP contribution in [-0.2, 0) is 0 Å². The van der Waals surface area contributed by atoms with E-state index in [0.717, 1.165) is 6.42 Å². The molecule has 0 amide bonds. The van der Waals surface area contributed by atoms with Gasteiger partial charge < -0.3 is 0 Å². The summed E-state index contributed by atoms with van der Waals surface area (Å²) >= 11 is 5.57. The summed E-state index contributed by atoms with van der Waals surface area (Å²) in [5.74, 6) is 0. The van der Waals surface area contributed by atoms with E-state index in [9.17, 15) is 0 Å². The first kappa shape index (κ1) is 6.96. The van der Waals surface area contributed by atoms with Crippen molar-refractivity contribution in [2.24, 2.45) is 4.99 Å². The van der Waals surface area contributed by atoms with Crippen molar-refractivity contribution < 1.29 is 0 Å². The predicted molar refractivity (Wildman–Crippen MR) is 34.1 cm³/mol. The van der Waals surface area contributed by atoms with Gasteiger partial charge in [0.15, 0.2) is 0 Å². The van der Waals surface area contributed by atoms with Gasteiger partial charge in [0.05, 0.1) is 0 Å². The first-order valence-corrected chi connectivity index (χ1v) is 2.86. The van der Waals surface area contributed by atoms with Gasteiger partial charge in [0.25, 0.3) is 0 Å². The third kappa shape index (κ3) is 3.80. The second-order valence-corrected chi connectivity index (χ2v) is 1.75. The van der Waals surface area contributed by atoms with Gasteiger partial charge in [0, 0.05) is 0 Å². The molecule has 0 aliphatic rings.